The zero-order valence-corrected chi connectivity index (χ0v) is 13.3. The van der Waals surface area contributed by atoms with E-state index in [0.717, 1.165) is 16.5 Å². The lowest BCUT2D eigenvalue weighted by molar-refractivity contribution is -0.147. The molecule has 6 heteroatoms. The second kappa shape index (κ2) is 8.44. The summed E-state index contributed by atoms with van der Waals surface area (Å²) in [4.78, 5) is 29.1. The molecule has 122 valence electrons. The van der Waals surface area contributed by atoms with E-state index in [0.29, 0.717) is 6.54 Å². The molecule has 0 saturated heterocycles. The van der Waals surface area contributed by atoms with Gasteiger partial charge in [0.2, 0.25) is 0 Å². The molecule has 2 aromatic rings. The number of carbonyl (C=O) groups is 2. The fourth-order valence-corrected chi connectivity index (χ4v) is 2.05. The number of amides is 1. The summed E-state index contributed by atoms with van der Waals surface area (Å²) in [6, 6.07) is 11.4. The van der Waals surface area contributed by atoms with Gasteiger partial charge in [0.05, 0.1) is 18.0 Å². The van der Waals surface area contributed by atoms with Gasteiger partial charge in [-0.15, -0.1) is 0 Å². The summed E-state index contributed by atoms with van der Waals surface area (Å²) in [5.41, 5.74) is 1.58. The first-order valence-corrected chi connectivity index (χ1v) is 7.41. The van der Waals surface area contributed by atoms with Gasteiger partial charge in [-0.1, -0.05) is 24.3 Å². The lowest BCUT2D eigenvalue weighted by atomic mass is 10.1. The van der Waals surface area contributed by atoms with Crippen LogP contribution in [0.15, 0.2) is 42.6 Å². The minimum absolute atomic E-state index is 0.240. The summed E-state index contributed by atoms with van der Waals surface area (Å²) < 4.78 is 4.92. The Balaban J connectivity index is 1.93. The highest BCUT2D eigenvalue weighted by atomic mass is 16.5. The summed E-state index contributed by atoms with van der Waals surface area (Å²) in [6.07, 6.45) is 4.81. The zero-order valence-electron chi connectivity index (χ0n) is 13.3. The zero-order chi connectivity index (χ0) is 17.4. The summed E-state index contributed by atoms with van der Waals surface area (Å²) in [6.45, 7) is -0.0384. The third-order valence-electron chi connectivity index (χ3n) is 3.39. The molecule has 1 amide bonds. The molecular weight excluding hydrogens is 306 g/mol. The molecule has 0 aliphatic heterocycles. The fourth-order valence-electron chi connectivity index (χ4n) is 2.05. The van der Waals surface area contributed by atoms with Gasteiger partial charge < -0.3 is 9.64 Å². The molecule has 0 bridgehead atoms. The van der Waals surface area contributed by atoms with Crippen LogP contribution in [0.4, 0.5) is 0 Å². The number of likely N-dealkylation sites (N-methyl/N-ethyl adjacent to an activating group) is 1. The van der Waals surface area contributed by atoms with Crippen molar-refractivity contribution in [3.63, 3.8) is 0 Å². The molecule has 24 heavy (non-hydrogen) atoms. The van der Waals surface area contributed by atoms with E-state index in [2.05, 4.69) is 4.98 Å². The maximum absolute atomic E-state index is 11.7. The number of para-hydroxylation sites is 1. The average Bonchev–Trinajstić information content (AvgIpc) is 2.62. The number of aromatic nitrogens is 1. The summed E-state index contributed by atoms with van der Waals surface area (Å²) >= 11 is 0. The number of nitrogens with zero attached hydrogens (tertiary/aromatic N) is 3. The third kappa shape index (κ3) is 4.65. The molecule has 0 unspecified atom stereocenters. The van der Waals surface area contributed by atoms with Crippen molar-refractivity contribution in [2.45, 2.75) is 6.42 Å². The Bertz CT molecular complexity index is 803. The van der Waals surface area contributed by atoms with Crippen molar-refractivity contribution in [3.05, 3.63) is 48.2 Å². The van der Waals surface area contributed by atoms with E-state index in [1.54, 1.807) is 19.3 Å². The van der Waals surface area contributed by atoms with Crippen LogP contribution in [0.5, 0.6) is 0 Å². The van der Waals surface area contributed by atoms with Crippen LogP contribution in [0.2, 0.25) is 0 Å². The van der Waals surface area contributed by atoms with Crippen molar-refractivity contribution in [1.82, 2.24) is 9.88 Å². The third-order valence-corrected chi connectivity index (χ3v) is 3.39. The number of esters is 1. The van der Waals surface area contributed by atoms with Gasteiger partial charge in [-0.3, -0.25) is 9.78 Å². The molecule has 0 spiro atoms. The van der Waals surface area contributed by atoms with Crippen molar-refractivity contribution in [1.29, 1.82) is 5.26 Å². The largest absolute Gasteiger partial charge is 0.452 e. The van der Waals surface area contributed by atoms with Gasteiger partial charge in [0.1, 0.15) is 0 Å². The molecule has 6 nitrogen and oxygen atoms in total. The van der Waals surface area contributed by atoms with Crippen LogP contribution >= 0.6 is 0 Å². The summed E-state index contributed by atoms with van der Waals surface area (Å²) in [5.74, 6) is -0.955. The van der Waals surface area contributed by atoms with Crippen LogP contribution in [0.1, 0.15) is 12.0 Å². The molecular formula is C18H17N3O3. The smallest absolute Gasteiger partial charge is 0.331 e. The average molecular weight is 323 g/mol. The first-order chi connectivity index (χ1) is 11.6. The number of rotatable bonds is 6. The van der Waals surface area contributed by atoms with Gasteiger partial charge in [-0.2, -0.15) is 5.26 Å². The lowest BCUT2D eigenvalue weighted by Gasteiger charge is -2.14. The van der Waals surface area contributed by atoms with Gasteiger partial charge >= 0.3 is 5.97 Å². The quantitative estimate of drug-likeness (QED) is 0.601. The molecule has 0 atom stereocenters. The number of hydrogen-bond donors (Lipinski definition) is 0. The maximum atomic E-state index is 11.7. The Kier molecular flexibility index (Phi) is 6.03. The van der Waals surface area contributed by atoms with E-state index in [-0.39, 0.29) is 18.9 Å². The SMILES string of the molecule is CN(CCC#N)C(=O)COC(=O)/C=C/c1cccc2cccnc12. The number of hydrogen-bond acceptors (Lipinski definition) is 5. The summed E-state index contributed by atoms with van der Waals surface area (Å²) in [7, 11) is 1.56. The highest BCUT2D eigenvalue weighted by molar-refractivity contribution is 5.93. The molecule has 0 radical (unpaired) electrons. The van der Waals surface area contributed by atoms with E-state index in [1.807, 2.05) is 36.4 Å². The second-order valence-corrected chi connectivity index (χ2v) is 5.09. The van der Waals surface area contributed by atoms with Crippen molar-refractivity contribution >= 4 is 28.9 Å². The topological polar surface area (TPSA) is 83.3 Å². The standard InChI is InChI=1S/C18H17N3O3/c1-21(12-4-10-19)16(22)13-24-17(23)9-8-15-6-2-5-14-7-3-11-20-18(14)15/h2-3,5-9,11H,4,12-13H2,1H3/b9-8+. The lowest BCUT2D eigenvalue weighted by Crippen LogP contribution is -2.31. The Morgan fingerprint density at radius 2 is 2.12 bits per heavy atom. The van der Waals surface area contributed by atoms with Crippen LogP contribution in [-0.2, 0) is 14.3 Å². The van der Waals surface area contributed by atoms with Gasteiger partial charge in [0, 0.05) is 36.8 Å². The maximum Gasteiger partial charge on any atom is 0.331 e. The molecule has 0 aliphatic rings. The van der Waals surface area contributed by atoms with Crippen molar-refractivity contribution in [2.24, 2.45) is 0 Å². The van der Waals surface area contributed by atoms with Crippen LogP contribution in [0.3, 0.4) is 0 Å². The Labute approximate surface area is 140 Å². The van der Waals surface area contributed by atoms with Gasteiger partial charge in [0.15, 0.2) is 6.61 Å². The molecule has 0 fully saturated rings. The molecule has 1 aromatic carbocycles. The van der Waals surface area contributed by atoms with Crippen LogP contribution < -0.4 is 0 Å². The van der Waals surface area contributed by atoms with E-state index in [1.165, 1.54) is 11.0 Å². The van der Waals surface area contributed by atoms with Crippen molar-refractivity contribution < 1.29 is 14.3 Å². The normalized spacial score (nSPS) is 10.5. The number of fused-ring (bicyclic) bond motifs is 1. The van der Waals surface area contributed by atoms with E-state index in [4.69, 9.17) is 10.00 Å². The van der Waals surface area contributed by atoms with Gasteiger partial charge in [-0.05, 0) is 12.1 Å². The van der Waals surface area contributed by atoms with Gasteiger partial charge in [0.25, 0.3) is 5.91 Å². The van der Waals surface area contributed by atoms with Crippen LogP contribution in [0.25, 0.3) is 17.0 Å². The van der Waals surface area contributed by atoms with Crippen LogP contribution in [0, 0.1) is 11.3 Å². The monoisotopic (exact) mass is 323 g/mol. The molecule has 1 heterocycles. The first-order valence-electron chi connectivity index (χ1n) is 7.41. The Morgan fingerprint density at radius 1 is 1.33 bits per heavy atom. The number of pyridine rings is 1. The van der Waals surface area contributed by atoms with Crippen molar-refractivity contribution in [2.75, 3.05) is 20.2 Å². The number of nitriles is 1. The minimum Gasteiger partial charge on any atom is -0.452 e. The summed E-state index contributed by atoms with van der Waals surface area (Å²) in [5, 5.41) is 9.46. The molecule has 0 aliphatic carbocycles. The molecule has 0 saturated carbocycles. The highest BCUT2D eigenvalue weighted by Gasteiger charge is 2.10. The number of ether oxygens (including phenoxy) is 1. The Hall–Kier alpha value is -3.20. The highest BCUT2D eigenvalue weighted by Crippen LogP contribution is 2.17. The fraction of sp³-hybridized carbons (Fsp3) is 0.222. The van der Waals surface area contributed by atoms with E-state index in [9.17, 15) is 9.59 Å². The second-order valence-electron chi connectivity index (χ2n) is 5.09. The predicted octanol–water partition coefficient (Wildman–Crippen LogP) is 2.16. The Morgan fingerprint density at radius 3 is 2.92 bits per heavy atom. The van der Waals surface area contributed by atoms with Crippen LogP contribution in [-0.4, -0.2) is 42.0 Å². The van der Waals surface area contributed by atoms with E-state index >= 15 is 0 Å². The van der Waals surface area contributed by atoms with E-state index < -0.39 is 5.97 Å². The predicted molar refractivity (Wildman–Crippen MR) is 89.6 cm³/mol. The van der Waals surface area contributed by atoms with Crippen molar-refractivity contribution in [3.8, 4) is 6.07 Å². The molecule has 2 rings (SSSR count). The number of benzene rings is 1. The van der Waals surface area contributed by atoms with Gasteiger partial charge in [-0.25, -0.2) is 4.79 Å². The minimum atomic E-state index is -0.607. The first kappa shape index (κ1) is 17.2. The number of carbonyl (C=O) groups excluding carboxylic acids is 2. The molecule has 0 N–H and O–H groups in total. The molecule has 1 aromatic heterocycles.